The van der Waals surface area contributed by atoms with Gasteiger partial charge in [-0.1, -0.05) is 0 Å². The highest BCUT2D eigenvalue weighted by Gasteiger charge is 2.33. The van der Waals surface area contributed by atoms with Gasteiger partial charge in [0.1, 0.15) is 0 Å². The Bertz CT molecular complexity index is 600. The molecule has 6 heteroatoms. The van der Waals surface area contributed by atoms with Gasteiger partial charge in [-0.2, -0.15) is 11.3 Å². The van der Waals surface area contributed by atoms with Crippen LogP contribution < -0.4 is 0 Å². The Hall–Kier alpha value is -1.69. The molecular formula is C15H19N3O2S. The molecule has 2 aromatic rings. The summed E-state index contributed by atoms with van der Waals surface area (Å²) in [5.41, 5.74) is 0.937. The van der Waals surface area contributed by atoms with Gasteiger partial charge < -0.3 is 9.32 Å². The molecule has 0 radical (unpaired) electrons. The quantitative estimate of drug-likeness (QED) is 0.822. The Labute approximate surface area is 128 Å². The number of aryl methyl sites for hydroxylation is 1. The molecule has 1 fully saturated rings. The molecule has 0 unspecified atom stereocenters. The number of nitrogens with zero attached hydrogens (tertiary/aromatic N) is 3. The van der Waals surface area contributed by atoms with Crippen molar-refractivity contribution in [2.75, 3.05) is 0 Å². The number of amides is 1. The molecule has 21 heavy (non-hydrogen) atoms. The van der Waals surface area contributed by atoms with Crippen molar-refractivity contribution in [1.82, 2.24) is 15.1 Å². The van der Waals surface area contributed by atoms with Gasteiger partial charge in [0.25, 0.3) is 0 Å². The summed E-state index contributed by atoms with van der Waals surface area (Å²) in [6.07, 6.45) is 3.20. The number of rotatable bonds is 6. The number of hydrogen-bond acceptors (Lipinski definition) is 5. The average Bonchev–Trinajstić information content (AvgIpc) is 2.96. The van der Waals surface area contributed by atoms with Gasteiger partial charge in [0.15, 0.2) is 0 Å². The fourth-order valence-corrected chi connectivity index (χ4v) is 3.10. The van der Waals surface area contributed by atoms with E-state index in [1.807, 2.05) is 21.7 Å². The molecule has 3 rings (SSSR count). The van der Waals surface area contributed by atoms with Crippen molar-refractivity contribution in [3.05, 3.63) is 22.7 Å². The molecule has 2 aromatic heterocycles. The Morgan fingerprint density at radius 2 is 2.29 bits per heavy atom. The summed E-state index contributed by atoms with van der Waals surface area (Å²) in [4.78, 5) is 14.3. The van der Waals surface area contributed by atoms with Crippen molar-refractivity contribution >= 4 is 17.2 Å². The molecule has 2 heterocycles. The van der Waals surface area contributed by atoms with Gasteiger partial charge in [-0.15, -0.1) is 10.2 Å². The summed E-state index contributed by atoms with van der Waals surface area (Å²) in [5, 5.41) is 12.0. The third-order valence-corrected chi connectivity index (χ3v) is 4.26. The minimum atomic E-state index is 0.183. The molecule has 112 valence electrons. The van der Waals surface area contributed by atoms with Crippen LogP contribution in [0, 0.1) is 0 Å². The smallest absolute Gasteiger partial charge is 0.248 e. The molecule has 1 saturated carbocycles. The van der Waals surface area contributed by atoms with Crippen LogP contribution in [0.3, 0.4) is 0 Å². The molecule has 0 saturated heterocycles. The topological polar surface area (TPSA) is 59.2 Å². The summed E-state index contributed by atoms with van der Waals surface area (Å²) in [6.45, 7) is 4.13. The van der Waals surface area contributed by atoms with E-state index in [1.165, 1.54) is 0 Å². The molecule has 0 spiro atoms. The summed E-state index contributed by atoms with van der Waals surface area (Å²) in [5.74, 6) is 1.24. The second-order valence-corrected chi connectivity index (χ2v) is 6.42. The van der Waals surface area contributed by atoms with Crippen LogP contribution in [0.15, 0.2) is 21.2 Å². The zero-order valence-electron chi connectivity index (χ0n) is 12.3. The zero-order chi connectivity index (χ0) is 14.8. The molecule has 0 N–H and O–H groups in total. The Morgan fingerprint density at radius 3 is 2.90 bits per heavy atom. The maximum absolute atomic E-state index is 12.3. The van der Waals surface area contributed by atoms with Crippen molar-refractivity contribution in [2.45, 2.75) is 51.6 Å². The van der Waals surface area contributed by atoms with Crippen molar-refractivity contribution in [3.8, 4) is 11.5 Å². The first-order chi connectivity index (χ1) is 10.1. The highest BCUT2D eigenvalue weighted by Crippen LogP contribution is 2.29. The molecule has 1 aliphatic rings. The fraction of sp³-hybridized carbons (Fsp3) is 0.533. The summed E-state index contributed by atoms with van der Waals surface area (Å²) in [7, 11) is 0. The van der Waals surface area contributed by atoms with Crippen LogP contribution in [0.5, 0.6) is 0 Å². The van der Waals surface area contributed by atoms with E-state index in [2.05, 4.69) is 24.0 Å². The van der Waals surface area contributed by atoms with Crippen molar-refractivity contribution in [1.29, 1.82) is 0 Å². The third kappa shape index (κ3) is 3.32. The molecule has 0 aliphatic heterocycles. The lowest BCUT2D eigenvalue weighted by Crippen LogP contribution is -2.38. The van der Waals surface area contributed by atoms with E-state index in [0.29, 0.717) is 30.7 Å². The van der Waals surface area contributed by atoms with Crippen LogP contribution in [0.4, 0.5) is 0 Å². The van der Waals surface area contributed by atoms with Crippen molar-refractivity contribution in [3.63, 3.8) is 0 Å². The average molecular weight is 305 g/mol. The predicted molar refractivity (Wildman–Crippen MR) is 80.9 cm³/mol. The van der Waals surface area contributed by atoms with E-state index in [0.717, 1.165) is 18.4 Å². The second-order valence-electron chi connectivity index (χ2n) is 5.64. The number of aromatic nitrogens is 2. The van der Waals surface area contributed by atoms with E-state index in [9.17, 15) is 4.79 Å². The summed E-state index contributed by atoms with van der Waals surface area (Å²) >= 11 is 1.59. The van der Waals surface area contributed by atoms with Crippen LogP contribution in [0.2, 0.25) is 0 Å². The van der Waals surface area contributed by atoms with Crippen LogP contribution >= 0.6 is 11.3 Å². The highest BCUT2D eigenvalue weighted by molar-refractivity contribution is 7.08. The van der Waals surface area contributed by atoms with Gasteiger partial charge in [0.2, 0.25) is 17.7 Å². The van der Waals surface area contributed by atoms with Gasteiger partial charge in [-0.25, -0.2) is 0 Å². The first-order valence-electron chi connectivity index (χ1n) is 7.31. The fourth-order valence-electron chi connectivity index (χ4n) is 2.47. The SMILES string of the molecule is CC(C)N(C(=O)CCc1nnc(-c2ccsc2)o1)C1CC1. The minimum Gasteiger partial charge on any atom is -0.421 e. The van der Waals surface area contributed by atoms with E-state index in [4.69, 9.17) is 4.42 Å². The molecule has 1 amide bonds. The Morgan fingerprint density at radius 1 is 1.48 bits per heavy atom. The number of thiophene rings is 1. The van der Waals surface area contributed by atoms with E-state index < -0.39 is 0 Å². The highest BCUT2D eigenvalue weighted by atomic mass is 32.1. The number of hydrogen-bond donors (Lipinski definition) is 0. The Kier molecular flexibility index (Phi) is 4.05. The van der Waals surface area contributed by atoms with Gasteiger partial charge in [0.05, 0.1) is 0 Å². The van der Waals surface area contributed by atoms with Gasteiger partial charge in [-0.3, -0.25) is 4.79 Å². The van der Waals surface area contributed by atoms with E-state index >= 15 is 0 Å². The second kappa shape index (κ2) is 5.97. The zero-order valence-corrected chi connectivity index (χ0v) is 13.1. The molecular weight excluding hydrogens is 286 g/mol. The minimum absolute atomic E-state index is 0.183. The summed E-state index contributed by atoms with van der Waals surface area (Å²) in [6, 6.07) is 2.65. The molecule has 5 nitrogen and oxygen atoms in total. The first-order valence-corrected chi connectivity index (χ1v) is 8.25. The Balaban J connectivity index is 1.58. The van der Waals surface area contributed by atoms with Gasteiger partial charge in [0, 0.05) is 35.9 Å². The van der Waals surface area contributed by atoms with Gasteiger partial charge >= 0.3 is 0 Å². The molecule has 0 bridgehead atoms. The van der Waals surface area contributed by atoms with Crippen LogP contribution in [0.25, 0.3) is 11.5 Å². The van der Waals surface area contributed by atoms with Crippen molar-refractivity contribution < 1.29 is 9.21 Å². The van der Waals surface area contributed by atoms with Crippen LogP contribution in [0.1, 0.15) is 39.0 Å². The van der Waals surface area contributed by atoms with Crippen molar-refractivity contribution in [2.24, 2.45) is 0 Å². The maximum atomic E-state index is 12.3. The van der Waals surface area contributed by atoms with E-state index in [1.54, 1.807) is 11.3 Å². The van der Waals surface area contributed by atoms with Crippen LogP contribution in [-0.2, 0) is 11.2 Å². The van der Waals surface area contributed by atoms with Crippen LogP contribution in [-0.4, -0.2) is 33.1 Å². The largest absolute Gasteiger partial charge is 0.421 e. The lowest BCUT2D eigenvalue weighted by atomic mass is 10.2. The van der Waals surface area contributed by atoms with Gasteiger partial charge in [-0.05, 0) is 38.1 Å². The number of carbonyl (C=O) groups is 1. The normalized spacial score (nSPS) is 14.6. The third-order valence-electron chi connectivity index (χ3n) is 3.57. The molecule has 0 aromatic carbocycles. The molecule has 0 atom stereocenters. The maximum Gasteiger partial charge on any atom is 0.248 e. The predicted octanol–water partition coefficient (Wildman–Crippen LogP) is 3.13. The lowest BCUT2D eigenvalue weighted by molar-refractivity contribution is -0.133. The standard InChI is InChI=1S/C15H19N3O2S/c1-10(2)18(12-3-4-12)14(19)6-5-13-16-17-15(20-13)11-7-8-21-9-11/h7-10,12H,3-6H2,1-2H3. The van der Waals surface area contributed by atoms with E-state index in [-0.39, 0.29) is 11.9 Å². The monoisotopic (exact) mass is 305 g/mol. The number of carbonyl (C=O) groups excluding carboxylic acids is 1. The summed E-state index contributed by atoms with van der Waals surface area (Å²) < 4.78 is 5.61. The molecule has 1 aliphatic carbocycles. The lowest BCUT2D eigenvalue weighted by Gasteiger charge is -2.26. The first kappa shape index (κ1) is 14.3.